The Morgan fingerprint density at radius 2 is 2.20 bits per heavy atom. The smallest absolute Gasteiger partial charge is 0.449 e. The van der Waals surface area contributed by atoms with E-state index in [0.717, 1.165) is 19.0 Å². The van der Waals surface area contributed by atoms with E-state index in [-0.39, 0.29) is 12.1 Å². The van der Waals surface area contributed by atoms with Crippen LogP contribution in [0.25, 0.3) is 0 Å². The third-order valence-electron chi connectivity index (χ3n) is 2.16. The van der Waals surface area contributed by atoms with Gasteiger partial charge in [0.2, 0.25) is 5.76 Å². The molecule has 0 aromatic carbocycles. The van der Waals surface area contributed by atoms with Gasteiger partial charge in [-0.2, -0.15) is 13.2 Å². The number of ether oxygens (including phenoxy) is 1. The van der Waals surface area contributed by atoms with E-state index in [2.05, 4.69) is 9.73 Å². The number of furan rings is 1. The van der Waals surface area contributed by atoms with Crippen LogP contribution < -0.4 is 10.1 Å². The number of hydrogen-bond donors (Lipinski definition) is 1. The maximum absolute atomic E-state index is 12.2. The van der Waals surface area contributed by atoms with Gasteiger partial charge in [-0.25, -0.2) is 0 Å². The number of alkyl halides is 3. The van der Waals surface area contributed by atoms with Crippen LogP contribution in [0.5, 0.6) is 5.95 Å². The van der Waals surface area contributed by atoms with E-state index in [4.69, 9.17) is 4.74 Å². The van der Waals surface area contributed by atoms with Crippen molar-refractivity contribution in [2.45, 2.75) is 18.7 Å². The molecule has 1 fully saturated rings. The highest BCUT2D eigenvalue weighted by Crippen LogP contribution is 2.33. The minimum atomic E-state index is -4.45. The molecule has 6 heteroatoms. The number of rotatable bonds is 2. The summed E-state index contributed by atoms with van der Waals surface area (Å²) in [6.07, 6.45) is -3.77. The Morgan fingerprint density at radius 3 is 2.73 bits per heavy atom. The first kappa shape index (κ1) is 10.4. The van der Waals surface area contributed by atoms with Crippen molar-refractivity contribution in [1.29, 1.82) is 0 Å². The zero-order chi connectivity index (χ0) is 10.9. The zero-order valence-electron chi connectivity index (χ0n) is 7.80. The van der Waals surface area contributed by atoms with Gasteiger partial charge in [0.1, 0.15) is 6.10 Å². The molecular formula is C9H10F3NO2. The summed E-state index contributed by atoms with van der Waals surface area (Å²) in [6.45, 7) is 1.46. The lowest BCUT2D eigenvalue weighted by Crippen LogP contribution is -2.19. The normalized spacial score (nSPS) is 21.9. The minimum Gasteiger partial charge on any atom is -0.460 e. The number of hydrogen-bond acceptors (Lipinski definition) is 3. The first-order valence-electron chi connectivity index (χ1n) is 4.60. The molecule has 1 aromatic heterocycles. The molecule has 1 unspecified atom stereocenters. The Kier molecular flexibility index (Phi) is 2.60. The van der Waals surface area contributed by atoms with Gasteiger partial charge in [0.05, 0.1) is 0 Å². The van der Waals surface area contributed by atoms with Crippen LogP contribution in [0.4, 0.5) is 13.2 Å². The Labute approximate surface area is 84.2 Å². The molecule has 0 radical (unpaired) electrons. The van der Waals surface area contributed by atoms with Crippen molar-refractivity contribution in [2.75, 3.05) is 13.1 Å². The van der Waals surface area contributed by atoms with Gasteiger partial charge < -0.3 is 14.5 Å². The predicted octanol–water partition coefficient (Wildman–Crippen LogP) is 2.04. The molecule has 0 saturated carbocycles. The van der Waals surface area contributed by atoms with Gasteiger partial charge in [-0.15, -0.1) is 0 Å². The van der Waals surface area contributed by atoms with E-state index in [0.29, 0.717) is 6.54 Å². The molecular weight excluding hydrogens is 211 g/mol. The van der Waals surface area contributed by atoms with E-state index in [1.54, 1.807) is 0 Å². The Hall–Kier alpha value is -1.17. The molecule has 15 heavy (non-hydrogen) atoms. The molecule has 1 aromatic rings. The van der Waals surface area contributed by atoms with Crippen molar-refractivity contribution in [3.63, 3.8) is 0 Å². The quantitative estimate of drug-likeness (QED) is 0.829. The van der Waals surface area contributed by atoms with Gasteiger partial charge in [0, 0.05) is 12.6 Å². The lowest BCUT2D eigenvalue weighted by atomic mass is 10.3. The first-order chi connectivity index (χ1) is 7.05. The van der Waals surface area contributed by atoms with Crippen LogP contribution in [-0.4, -0.2) is 19.2 Å². The fourth-order valence-corrected chi connectivity index (χ4v) is 1.43. The first-order valence-corrected chi connectivity index (χ1v) is 4.60. The summed E-state index contributed by atoms with van der Waals surface area (Å²) in [4.78, 5) is 0. The highest BCUT2D eigenvalue weighted by atomic mass is 19.4. The molecule has 1 atom stereocenters. The Bertz CT molecular complexity index is 328. The minimum absolute atomic E-state index is 0.0731. The standard InChI is InChI=1S/C9H10F3NO2/c10-9(11,12)7-1-2-8(15-7)14-6-3-4-13-5-6/h1-2,6,13H,3-5H2. The van der Waals surface area contributed by atoms with Crippen LogP contribution in [0.2, 0.25) is 0 Å². The predicted molar refractivity (Wildman–Crippen MR) is 45.6 cm³/mol. The van der Waals surface area contributed by atoms with Gasteiger partial charge in [-0.3, -0.25) is 0 Å². The lowest BCUT2D eigenvalue weighted by molar-refractivity contribution is -0.154. The molecule has 2 rings (SSSR count). The van der Waals surface area contributed by atoms with Crippen LogP contribution in [0.3, 0.4) is 0 Å². The van der Waals surface area contributed by atoms with Crippen LogP contribution in [-0.2, 0) is 6.18 Å². The van der Waals surface area contributed by atoms with Gasteiger partial charge in [0.15, 0.2) is 0 Å². The summed E-state index contributed by atoms with van der Waals surface area (Å²) >= 11 is 0. The molecule has 0 spiro atoms. The fraction of sp³-hybridized carbons (Fsp3) is 0.556. The van der Waals surface area contributed by atoms with Gasteiger partial charge in [-0.05, 0) is 19.0 Å². The molecule has 2 heterocycles. The highest BCUT2D eigenvalue weighted by Gasteiger charge is 2.35. The molecule has 0 amide bonds. The topological polar surface area (TPSA) is 34.4 Å². The summed E-state index contributed by atoms with van der Waals surface area (Å²) in [6, 6.07) is 2.07. The third-order valence-corrected chi connectivity index (χ3v) is 2.16. The zero-order valence-corrected chi connectivity index (χ0v) is 7.80. The summed E-state index contributed by atoms with van der Waals surface area (Å²) in [7, 11) is 0. The Morgan fingerprint density at radius 1 is 1.40 bits per heavy atom. The lowest BCUT2D eigenvalue weighted by Gasteiger charge is -2.08. The summed E-state index contributed by atoms with van der Waals surface area (Å²) < 4.78 is 46.2. The van der Waals surface area contributed by atoms with Crippen molar-refractivity contribution in [3.8, 4) is 5.95 Å². The van der Waals surface area contributed by atoms with Crippen LogP contribution in [0.1, 0.15) is 12.2 Å². The van der Waals surface area contributed by atoms with Crippen molar-refractivity contribution in [3.05, 3.63) is 17.9 Å². The summed E-state index contributed by atoms with van der Waals surface area (Å²) in [5.74, 6) is -1.10. The highest BCUT2D eigenvalue weighted by molar-refractivity contribution is 5.14. The fourth-order valence-electron chi connectivity index (χ4n) is 1.43. The van der Waals surface area contributed by atoms with Crippen LogP contribution in [0, 0.1) is 0 Å². The van der Waals surface area contributed by atoms with Gasteiger partial charge in [-0.1, -0.05) is 0 Å². The average molecular weight is 221 g/mol. The van der Waals surface area contributed by atoms with E-state index in [1.807, 2.05) is 0 Å². The van der Waals surface area contributed by atoms with E-state index >= 15 is 0 Å². The van der Waals surface area contributed by atoms with Crippen molar-refractivity contribution in [1.82, 2.24) is 5.32 Å². The Balaban J connectivity index is 2.00. The third kappa shape index (κ3) is 2.44. The maximum atomic E-state index is 12.2. The summed E-state index contributed by atoms with van der Waals surface area (Å²) in [5, 5.41) is 3.04. The van der Waals surface area contributed by atoms with Gasteiger partial charge in [0.25, 0.3) is 5.95 Å². The van der Waals surface area contributed by atoms with Crippen molar-refractivity contribution in [2.24, 2.45) is 0 Å². The van der Waals surface area contributed by atoms with Gasteiger partial charge >= 0.3 is 6.18 Å². The summed E-state index contributed by atoms with van der Waals surface area (Å²) in [5.41, 5.74) is 0. The molecule has 1 aliphatic heterocycles. The van der Waals surface area contributed by atoms with Crippen LogP contribution in [0.15, 0.2) is 16.5 Å². The maximum Gasteiger partial charge on any atom is 0.449 e. The molecule has 1 aliphatic rings. The second-order valence-corrected chi connectivity index (χ2v) is 3.35. The molecule has 0 aliphatic carbocycles. The van der Waals surface area contributed by atoms with Crippen molar-refractivity contribution >= 4 is 0 Å². The van der Waals surface area contributed by atoms with E-state index < -0.39 is 11.9 Å². The largest absolute Gasteiger partial charge is 0.460 e. The molecule has 1 N–H and O–H groups in total. The van der Waals surface area contributed by atoms with E-state index in [1.165, 1.54) is 6.07 Å². The SMILES string of the molecule is FC(F)(F)c1ccc(OC2CCNC2)o1. The van der Waals surface area contributed by atoms with Crippen molar-refractivity contribution < 1.29 is 22.3 Å². The second-order valence-electron chi connectivity index (χ2n) is 3.35. The average Bonchev–Trinajstić information content (AvgIpc) is 2.73. The van der Waals surface area contributed by atoms with Crippen LogP contribution >= 0.6 is 0 Å². The van der Waals surface area contributed by atoms with E-state index in [9.17, 15) is 13.2 Å². The monoisotopic (exact) mass is 221 g/mol. The molecule has 0 bridgehead atoms. The number of nitrogens with one attached hydrogen (secondary N) is 1. The molecule has 3 nitrogen and oxygen atoms in total. The second kappa shape index (κ2) is 3.77. The molecule has 84 valence electrons. The number of halogens is 3. The molecule has 1 saturated heterocycles.